The van der Waals surface area contributed by atoms with Gasteiger partial charge in [0.1, 0.15) is 0 Å². The molecule has 0 bridgehead atoms. The molecular formula is C18H16INS. The summed E-state index contributed by atoms with van der Waals surface area (Å²) >= 11 is 4.33. The summed E-state index contributed by atoms with van der Waals surface area (Å²) < 4.78 is 2.70. The van der Waals surface area contributed by atoms with Crippen LogP contribution in [-0.2, 0) is 6.42 Å². The van der Waals surface area contributed by atoms with Gasteiger partial charge >= 0.3 is 0 Å². The van der Waals surface area contributed by atoms with Gasteiger partial charge in [0.2, 0.25) is 0 Å². The van der Waals surface area contributed by atoms with E-state index in [1.807, 2.05) is 11.3 Å². The zero-order valence-electron chi connectivity index (χ0n) is 11.8. The maximum Gasteiger partial charge on any atom is 0.0596 e. The number of hydrogen-bond donors (Lipinski definition) is 1. The molecule has 0 saturated heterocycles. The molecule has 1 aliphatic rings. The first-order chi connectivity index (χ1) is 10.2. The predicted molar refractivity (Wildman–Crippen MR) is 99.1 cm³/mol. The molecule has 2 aromatic carbocycles. The molecule has 106 valence electrons. The molecule has 1 nitrogen and oxygen atoms in total. The Kier molecular flexibility index (Phi) is 3.52. The lowest BCUT2D eigenvalue weighted by molar-refractivity contribution is 0.472. The minimum Gasteiger partial charge on any atom is -0.303 e. The molecule has 3 aromatic rings. The van der Waals surface area contributed by atoms with Crippen LogP contribution in [0, 0.1) is 3.57 Å². The van der Waals surface area contributed by atoms with E-state index in [-0.39, 0.29) is 0 Å². The molecule has 4 rings (SSSR count). The lowest BCUT2D eigenvalue weighted by Crippen LogP contribution is -2.37. The third-order valence-corrected chi connectivity index (χ3v) is 6.07. The van der Waals surface area contributed by atoms with Crippen LogP contribution in [0.15, 0.2) is 48.5 Å². The fourth-order valence-electron chi connectivity index (χ4n) is 3.21. The number of rotatable bonds is 1. The van der Waals surface area contributed by atoms with E-state index in [4.69, 9.17) is 0 Å². The van der Waals surface area contributed by atoms with Crippen LogP contribution in [0.4, 0.5) is 0 Å². The highest BCUT2D eigenvalue weighted by atomic mass is 127. The lowest BCUT2D eigenvalue weighted by atomic mass is 9.90. The van der Waals surface area contributed by atoms with E-state index in [2.05, 4.69) is 83.4 Å². The average Bonchev–Trinajstić information content (AvgIpc) is 2.85. The second kappa shape index (κ2) is 5.38. The van der Waals surface area contributed by atoms with Gasteiger partial charge in [0.05, 0.1) is 6.04 Å². The van der Waals surface area contributed by atoms with Crippen LogP contribution in [-0.4, -0.2) is 6.04 Å². The van der Waals surface area contributed by atoms with Gasteiger partial charge in [-0.3, -0.25) is 0 Å². The van der Waals surface area contributed by atoms with E-state index < -0.39 is 0 Å². The Morgan fingerprint density at radius 1 is 1.10 bits per heavy atom. The topological polar surface area (TPSA) is 12.0 Å². The molecule has 3 heteroatoms. The summed E-state index contributed by atoms with van der Waals surface area (Å²) in [6.45, 7) is 2.28. The molecule has 0 saturated carbocycles. The zero-order valence-corrected chi connectivity index (χ0v) is 14.7. The highest BCUT2D eigenvalue weighted by Crippen LogP contribution is 2.41. The number of halogens is 1. The predicted octanol–water partition coefficient (Wildman–Crippen LogP) is 5.13. The molecule has 0 radical (unpaired) electrons. The Morgan fingerprint density at radius 2 is 1.86 bits per heavy atom. The lowest BCUT2D eigenvalue weighted by Gasteiger charge is -2.30. The van der Waals surface area contributed by atoms with Crippen LogP contribution in [0.5, 0.6) is 0 Å². The van der Waals surface area contributed by atoms with Gasteiger partial charge in [0, 0.05) is 19.2 Å². The fraction of sp³-hybridized carbons (Fsp3) is 0.222. The SMILES string of the molecule is C[C@@H]1Cc2sc3ccccc3c2[C@@H](c2ccc(I)cc2)N1. The van der Waals surface area contributed by atoms with Crippen LogP contribution >= 0.6 is 33.9 Å². The largest absolute Gasteiger partial charge is 0.303 e. The van der Waals surface area contributed by atoms with E-state index in [9.17, 15) is 0 Å². The van der Waals surface area contributed by atoms with E-state index >= 15 is 0 Å². The second-order valence-corrected chi connectivity index (χ2v) is 8.07. The Balaban J connectivity index is 1.92. The van der Waals surface area contributed by atoms with E-state index in [1.165, 1.54) is 24.8 Å². The maximum atomic E-state index is 3.79. The second-order valence-electron chi connectivity index (χ2n) is 5.69. The van der Waals surface area contributed by atoms with Gasteiger partial charge < -0.3 is 5.32 Å². The van der Waals surface area contributed by atoms with Crippen molar-refractivity contribution in [3.63, 3.8) is 0 Å². The molecule has 0 amide bonds. The first-order valence-electron chi connectivity index (χ1n) is 7.24. The van der Waals surface area contributed by atoms with Crippen molar-refractivity contribution in [3.8, 4) is 0 Å². The van der Waals surface area contributed by atoms with Gasteiger partial charge in [-0.25, -0.2) is 0 Å². The van der Waals surface area contributed by atoms with E-state index in [0.717, 1.165) is 6.42 Å². The first kappa shape index (κ1) is 13.7. The minimum atomic E-state index is 0.317. The standard InChI is InChI=1S/C18H16INS/c1-11-10-16-17(14-4-2-3-5-15(14)21-16)18(20-11)12-6-8-13(19)9-7-12/h2-9,11,18,20H,10H2,1H3/t11-,18-/m1/s1. The summed E-state index contributed by atoms with van der Waals surface area (Å²) in [5, 5.41) is 5.21. The monoisotopic (exact) mass is 405 g/mol. The van der Waals surface area contributed by atoms with Crippen LogP contribution in [0.25, 0.3) is 10.1 Å². The molecule has 1 aliphatic heterocycles. The fourth-order valence-corrected chi connectivity index (χ4v) is 4.94. The quantitative estimate of drug-likeness (QED) is 0.554. The van der Waals surface area contributed by atoms with Gasteiger partial charge in [-0.05, 0) is 70.6 Å². The van der Waals surface area contributed by atoms with Crippen molar-refractivity contribution in [1.82, 2.24) is 5.32 Å². The molecule has 1 aromatic heterocycles. The van der Waals surface area contributed by atoms with Gasteiger partial charge in [0.15, 0.2) is 0 Å². The Labute approximate surface area is 142 Å². The van der Waals surface area contributed by atoms with Gasteiger partial charge in [-0.1, -0.05) is 30.3 Å². The van der Waals surface area contributed by atoms with Gasteiger partial charge in [-0.2, -0.15) is 0 Å². The maximum absolute atomic E-state index is 3.79. The number of benzene rings is 2. The van der Waals surface area contributed by atoms with E-state index in [0.29, 0.717) is 12.1 Å². The molecule has 0 spiro atoms. The van der Waals surface area contributed by atoms with Crippen LogP contribution < -0.4 is 5.32 Å². The highest BCUT2D eigenvalue weighted by molar-refractivity contribution is 14.1. The summed E-state index contributed by atoms with van der Waals surface area (Å²) in [7, 11) is 0. The van der Waals surface area contributed by atoms with Crippen LogP contribution in [0.2, 0.25) is 0 Å². The summed E-state index contributed by atoms with van der Waals surface area (Å²) in [5.74, 6) is 0. The summed E-state index contributed by atoms with van der Waals surface area (Å²) in [4.78, 5) is 1.55. The molecular weight excluding hydrogens is 389 g/mol. The molecule has 2 atom stereocenters. The van der Waals surface area contributed by atoms with Crippen molar-refractivity contribution < 1.29 is 0 Å². The third-order valence-electron chi connectivity index (χ3n) is 4.15. The molecule has 1 N–H and O–H groups in total. The smallest absolute Gasteiger partial charge is 0.0596 e. The van der Waals surface area contributed by atoms with Crippen LogP contribution in [0.1, 0.15) is 29.0 Å². The molecule has 21 heavy (non-hydrogen) atoms. The number of nitrogens with one attached hydrogen (secondary N) is 1. The number of hydrogen-bond acceptors (Lipinski definition) is 2. The third kappa shape index (κ3) is 2.41. The first-order valence-corrected chi connectivity index (χ1v) is 9.14. The average molecular weight is 405 g/mol. The van der Waals surface area contributed by atoms with Crippen molar-refractivity contribution in [2.45, 2.75) is 25.4 Å². The molecule has 0 fully saturated rings. The Hall–Kier alpha value is -0.910. The molecule has 0 unspecified atom stereocenters. The van der Waals surface area contributed by atoms with Crippen molar-refractivity contribution in [1.29, 1.82) is 0 Å². The number of fused-ring (bicyclic) bond motifs is 3. The zero-order chi connectivity index (χ0) is 14.4. The van der Waals surface area contributed by atoms with Crippen LogP contribution in [0.3, 0.4) is 0 Å². The van der Waals surface area contributed by atoms with Crippen molar-refractivity contribution in [2.24, 2.45) is 0 Å². The van der Waals surface area contributed by atoms with Gasteiger partial charge in [-0.15, -0.1) is 11.3 Å². The highest BCUT2D eigenvalue weighted by Gasteiger charge is 2.28. The van der Waals surface area contributed by atoms with E-state index in [1.54, 1.807) is 4.88 Å². The normalized spacial score (nSPS) is 21.4. The number of thiophene rings is 1. The van der Waals surface area contributed by atoms with Gasteiger partial charge in [0.25, 0.3) is 0 Å². The minimum absolute atomic E-state index is 0.317. The van der Waals surface area contributed by atoms with Crippen molar-refractivity contribution in [2.75, 3.05) is 0 Å². The van der Waals surface area contributed by atoms with Crippen molar-refractivity contribution in [3.05, 3.63) is 68.1 Å². The summed E-state index contributed by atoms with van der Waals surface area (Å²) in [6.07, 6.45) is 1.13. The summed E-state index contributed by atoms with van der Waals surface area (Å²) in [5.41, 5.74) is 2.86. The Morgan fingerprint density at radius 3 is 2.67 bits per heavy atom. The Bertz CT molecular complexity index is 791. The summed E-state index contributed by atoms with van der Waals surface area (Å²) in [6, 6.07) is 18.6. The molecule has 2 heterocycles. The van der Waals surface area contributed by atoms with Crippen molar-refractivity contribution >= 4 is 44.0 Å². The molecule has 0 aliphatic carbocycles.